The van der Waals surface area contributed by atoms with Crippen LogP contribution in [-0.4, -0.2) is 24.5 Å². The van der Waals surface area contributed by atoms with Crippen LogP contribution in [0.2, 0.25) is 0 Å². The summed E-state index contributed by atoms with van der Waals surface area (Å²) in [6, 6.07) is 0. The first-order valence-electron chi connectivity index (χ1n) is 4.02. The Labute approximate surface area is 72.3 Å². The average Bonchev–Trinajstić information content (AvgIpc) is 1.99. The zero-order chi connectivity index (χ0) is 9.56. The van der Waals surface area contributed by atoms with Crippen molar-refractivity contribution in [2.45, 2.75) is 33.3 Å². The van der Waals surface area contributed by atoms with Crippen molar-refractivity contribution < 1.29 is 14.3 Å². The van der Waals surface area contributed by atoms with Gasteiger partial charge in [0, 0.05) is 6.42 Å². The molecular weight excluding hydrogens is 158 g/mol. The van der Waals surface area contributed by atoms with Gasteiger partial charge in [-0.2, -0.15) is 0 Å². The first-order chi connectivity index (χ1) is 5.56. The Kier molecular flexibility index (Phi) is 5.08. The molecule has 0 bridgehead atoms. The fraction of sp³-hybridized carbons (Fsp3) is 0.750. The Morgan fingerprint density at radius 3 is 2.42 bits per heavy atom. The summed E-state index contributed by atoms with van der Waals surface area (Å²) in [4.78, 5) is 21.5. The van der Waals surface area contributed by atoms with Crippen molar-refractivity contribution in [1.29, 1.82) is 0 Å². The van der Waals surface area contributed by atoms with E-state index >= 15 is 0 Å². The number of hydrogen-bond acceptors (Lipinski definition) is 3. The van der Waals surface area contributed by atoms with E-state index in [0.29, 0.717) is 6.42 Å². The van der Waals surface area contributed by atoms with Crippen LogP contribution >= 0.6 is 0 Å². The molecule has 1 N–H and O–H groups in total. The molecule has 0 radical (unpaired) electrons. The molecule has 0 unspecified atom stereocenters. The van der Waals surface area contributed by atoms with E-state index in [9.17, 15) is 9.59 Å². The maximum atomic E-state index is 10.8. The van der Waals surface area contributed by atoms with E-state index in [2.05, 4.69) is 5.32 Å². The summed E-state index contributed by atoms with van der Waals surface area (Å²) in [6.07, 6.45) is 0.255. The number of ether oxygens (including phenoxy) is 1. The number of hydrogen-bond donors (Lipinski definition) is 1. The smallest absolute Gasteiger partial charge is 0.325 e. The van der Waals surface area contributed by atoms with Gasteiger partial charge in [0.05, 0.1) is 6.10 Å². The fourth-order valence-electron chi connectivity index (χ4n) is 0.600. The summed E-state index contributed by atoms with van der Waals surface area (Å²) < 4.78 is 4.79. The van der Waals surface area contributed by atoms with Gasteiger partial charge in [-0.1, -0.05) is 6.92 Å². The topological polar surface area (TPSA) is 55.4 Å². The second-order valence-corrected chi connectivity index (χ2v) is 2.67. The Morgan fingerprint density at radius 2 is 2.00 bits per heavy atom. The third-order valence-electron chi connectivity index (χ3n) is 1.12. The van der Waals surface area contributed by atoms with E-state index in [1.165, 1.54) is 0 Å². The maximum Gasteiger partial charge on any atom is 0.325 e. The minimum absolute atomic E-state index is 0.0369. The second-order valence-electron chi connectivity index (χ2n) is 2.67. The van der Waals surface area contributed by atoms with Crippen molar-refractivity contribution in [3.63, 3.8) is 0 Å². The van der Waals surface area contributed by atoms with Crippen LogP contribution in [0.4, 0.5) is 0 Å². The van der Waals surface area contributed by atoms with E-state index in [0.717, 1.165) is 0 Å². The molecular formula is C8H15NO3. The number of esters is 1. The molecule has 0 saturated carbocycles. The van der Waals surface area contributed by atoms with Crippen molar-refractivity contribution in [3.8, 4) is 0 Å². The third kappa shape index (κ3) is 5.70. The van der Waals surface area contributed by atoms with E-state index < -0.39 is 5.97 Å². The molecule has 0 rings (SSSR count). The van der Waals surface area contributed by atoms with Crippen LogP contribution < -0.4 is 5.32 Å². The van der Waals surface area contributed by atoms with Gasteiger partial charge in [0.2, 0.25) is 5.91 Å². The highest BCUT2D eigenvalue weighted by Gasteiger charge is 2.05. The SMILES string of the molecule is CCC(=O)NCC(=O)OC(C)C. The van der Waals surface area contributed by atoms with Gasteiger partial charge in [-0.25, -0.2) is 0 Å². The van der Waals surface area contributed by atoms with Gasteiger partial charge in [-0.3, -0.25) is 9.59 Å². The lowest BCUT2D eigenvalue weighted by molar-refractivity contribution is -0.147. The Hall–Kier alpha value is -1.06. The number of amides is 1. The summed E-state index contributed by atoms with van der Waals surface area (Å²) in [7, 11) is 0. The normalized spacial score (nSPS) is 9.67. The molecule has 0 aromatic heterocycles. The predicted molar refractivity (Wildman–Crippen MR) is 44.5 cm³/mol. The molecule has 0 aliphatic carbocycles. The molecule has 0 heterocycles. The van der Waals surface area contributed by atoms with E-state index in [4.69, 9.17) is 4.74 Å². The van der Waals surface area contributed by atoms with Gasteiger partial charge >= 0.3 is 5.97 Å². The van der Waals surface area contributed by atoms with Crippen LogP contribution in [-0.2, 0) is 14.3 Å². The number of carbonyl (C=O) groups is 2. The minimum atomic E-state index is -0.396. The van der Waals surface area contributed by atoms with Gasteiger partial charge in [0.25, 0.3) is 0 Å². The number of rotatable bonds is 4. The molecule has 0 aromatic rings. The number of nitrogens with one attached hydrogen (secondary N) is 1. The molecule has 1 amide bonds. The highest BCUT2D eigenvalue weighted by atomic mass is 16.5. The molecule has 0 saturated heterocycles. The van der Waals surface area contributed by atoms with Crippen LogP contribution in [0.15, 0.2) is 0 Å². The standard InChI is InChI=1S/C8H15NO3/c1-4-7(10)9-5-8(11)12-6(2)3/h6H,4-5H2,1-3H3,(H,9,10). The van der Waals surface area contributed by atoms with Gasteiger partial charge in [-0.05, 0) is 13.8 Å². The zero-order valence-electron chi connectivity index (χ0n) is 7.72. The summed E-state index contributed by atoms with van der Waals surface area (Å²) in [6.45, 7) is 5.22. The molecule has 0 fully saturated rings. The highest BCUT2D eigenvalue weighted by Crippen LogP contribution is 1.87. The van der Waals surface area contributed by atoms with Crippen LogP contribution in [0, 0.1) is 0 Å². The van der Waals surface area contributed by atoms with Crippen LogP contribution in [0.5, 0.6) is 0 Å². The molecule has 0 atom stereocenters. The Morgan fingerprint density at radius 1 is 1.42 bits per heavy atom. The Bertz CT molecular complexity index is 166. The molecule has 12 heavy (non-hydrogen) atoms. The van der Waals surface area contributed by atoms with Crippen molar-refractivity contribution in [3.05, 3.63) is 0 Å². The molecule has 0 spiro atoms. The average molecular weight is 173 g/mol. The maximum absolute atomic E-state index is 10.8. The first kappa shape index (κ1) is 10.9. The first-order valence-corrected chi connectivity index (χ1v) is 4.02. The number of carbonyl (C=O) groups excluding carboxylic acids is 2. The largest absolute Gasteiger partial charge is 0.462 e. The van der Waals surface area contributed by atoms with Crippen LogP contribution in [0.25, 0.3) is 0 Å². The fourth-order valence-corrected chi connectivity index (χ4v) is 0.600. The van der Waals surface area contributed by atoms with Gasteiger partial charge in [0.15, 0.2) is 0 Å². The van der Waals surface area contributed by atoms with Crippen LogP contribution in [0.1, 0.15) is 27.2 Å². The van der Waals surface area contributed by atoms with Crippen LogP contribution in [0.3, 0.4) is 0 Å². The van der Waals surface area contributed by atoms with Crippen molar-refractivity contribution in [1.82, 2.24) is 5.32 Å². The van der Waals surface area contributed by atoms with Gasteiger partial charge < -0.3 is 10.1 Å². The van der Waals surface area contributed by atoms with E-state index in [1.807, 2.05) is 0 Å². The van der Waals surface area contributed by atoms with E-state index in [-0.39, 0.29) is 18.6 Å². The van der Waals surface area contributed by atoms with Gasteiger partial charge in [0.1, 0.15) is 6.54 Å². The van der Waals surface area contributed by atoms with Crippen molar-refractivity contribution in [2.24, 2.45) is 0 Å². The molecule has 70 valence electrons. The lowest BCUT2D eigenvalue weighted by atomic mass is 10.4. The second kappa shape index (κ2) is 5.57. The summed E-state index contributed by atoms with van der Waals surface area (Å²) in [5.41, 5.74) is 0. The lowest BCUT2D eigenvalue weighted by Gasteiger charge is -2.07. The summed E-state index contributed by atoms with van der Waals surface area (Å²) in [5.74, 6) is -0.539. The minimum Gasteiger partial charge on any atom is -0.462 e. The monoisotopic (exact) mass is 173 g/mol. The molecule has 0 aromatic carbocycles. The lowest BCUT2D eigenvalue weighted by Crippen LogP contribution is -2.31. The quantitative estimate of drug-likeness (QED) is 0.628. The molecule has 0 aliphatic rings. The zero-order valence-corrected chi connectivity index (χ0v) is 7.72. The Balaban J connectivity index is 3.51. The van der Waals surface area contributed by atoms with E-state index in [1.54, 1.807) is 20.8 Å². The highest BCUT2D eigenvalue weighted by molar-refractivity contribution is 5.81. The van der Waals surface area contributed by atoms with Crippen molar-refractivity contribution in [2.75, 3.05) is 6.54 Å². The molecule has 4 heteroatoms. The molecule has 0 aliphatic heterocycles. The molecule has 4 nitrogen and oxygen atoms in total. The predicted octanol–water partition coefficient (Wildman–Crippen LogP) is 0.464. The third-order valence-corrected chi connectivity index (χ3v) is 1.12. The van der Waals surface area contributed by atoms with Gasteiger partial charge in [-0.15, -0.1) is 0 Å². The summed E-state index contributed by atoms with van der Waals surface area (Å²) in [5, 5.41) is 2.42. The summed E-state index contributed by atoms with van der Waals surface area (Å²) >= 11 is 0. The van der Waals surface area contributed by atoms with Crippen molar-refractivity contribution >= 4 is 11.9 Å².